The van der Waals surface area contributed by atoms with E-state index >= 15 is 0 Å². The average Bonchev–Trinajstić information content (AvgIpc) is 2.97. The van der Waals surface area contributed by atoms with Gasteiger partial charge in [-0.05, 0) is 54.1 Å². The van der Waals surface area contributed by atoms with Crippen LogP contribution in [0.1, 0.15) is 38.7 Å². The minimum atomic E-state index is -0.690. The molecule has 0 saturated heterocycles. The van der Waals surface area contributed by atoms with E-state index < -0.39 is 11.9 Å². The smallest absolute Gasteiger partial charge is 0.258 e. The number of hydrogen-bond acceptors (Lipinski definition) is 4. The second kappa shape index (κ2) is 10.1. The molecule has 0 aromatic heterocycles. The molecule has 3 amide bonds. The molecule has 1 unspecified atom stereocenters. The maximum absolute atomic E-state index is 13.8. The number of halogens is 2. The zero-order valence-electron chi connectivity index (χ0n) is 18.1. The Labute approximate surface area is 204 Å². The van der Waals surface area contributed by atoms with Crippen LogP contribution in [-0.4, -0.2) is 30.8 Å². The second-order valence-corrected chi connectivity index (χ2v) is 8.70. The SMILES string of the molecule is NCCNC(=O)c1ccc2c(c1)NC(=O)CC(c1ccc(F)cc1)N2C(=O)c1cccc(Br)c1. The fourth-order valence-corrected chi connectivity index (χ4v) is 4.27. The average molecular weight is 525 g/mol. The fraction of sp³-hybridized carbons (Fsp3) is 0.160. The number of carbonyl (C=O) groups is 3. The van der Waals surface area contributed by atoms with Gasteiger partial charge in [-0.1, -0.05) is 34.1 Å². The van der Waals surface area contributed by atoms with Crippen LogP contribution in [0.25, 0.3) is 0 Å². The maximum atomic E-state index is 13.8. The van der Waals surface area contributed by atoms with Crippen LogP contribution in [0.5, 0.6) is 0 Å². The lowest BCUT2D eigenvalue weighted by molar-refractivity contribution is -0.116. The number of benzene rings is 3. The third-order valence-corrected chi connectivity index (χ3v) is 5.95. The van der Waals surface area contributed by atoms with E-state index in [2.05, 4.69) is 26.6 Å². The molecular formula is C25H22BrFN4O3. The minimum Gasteiger partial charge on any atom is -0.351 e. The number of nitrogens with zero attached hydrogens (tertiary/aromatic N) is 1. The van der Waals surface area contributed by atoms with Gasteiger partial charge in [0.2, 0.25) is 5.91 Å². The lowest BCUT2D eigenvalue weighted by atomic mass is 9.99. The highest BCUT2D eigenvalue weighted by Gasteiger charge is 2.34. The molecule has 0 spiro atoms. The van der Waals surface area contributed by atoms with Crippen molar-refractivity contribution < 1.29 is 18.8 Å². The van der Waals surface area contributed by atoms with Crippen LogP contribution in [0.3, 0.4) is 0 Å². The van der Waals surface area contributed by atoms with Gasteiger partial charge < -0.3 is 16.4 Å². The molecular weight excluding hydrogens is 503 g/mol. The Morgan fingerprint density at radius 2 is 1.85 bits per heavy atom. The van der Waals surface area contributed by atoms with Crippen LogP contribution in [-0.2, 0) is 4.79 Å². The minimum absolute atomic E-state index is 0.0469. The van der Waals surface area contributed by atoms with Crippen molar-refractivity contribution in [2.75, 3.05) is 23.3 Å². The van der Waals surface area contributed by atoms with E-state index in [1.54, 1.807) is 42.5 Å². The number of hydrogen-bond donors (Lipinski definition) is 3. The van der Waals surface area contributed by atoms with Gasteiger partial charge in [-0.25, -0.2) is 4.39 Å². The summed E-state index contributed by atoms with van der Waals surface area (Å²) in [5.74, 6) is -1.43. The highest BCUT2D eigenvalue weighted by atomic mass is 79.9. The number of nitrogens with one attached hydrogen (secondary N) is 2. The number of nitrogens with two attached hydrogens (primary N) is 1. The quantitative estimate of drug-likeness (QED) is 0.469. The van der Waals surface area contributed by atoms with Gasteiger partial charge in [0.1, 0.15) is 5.82 Å². The van der Waals surface area contributed by atoms with E-state index in [0.29, 0.717) is 41.2 Å². The summed E-state index contributed by atoms with van der Waals surface area (Å²) in [4.78, 5) is 40.6. The molecule has 0 aliphatic carbocycles. The summed E-state index contributed by atoms with van der Waals surface area (Å²) in [6, 6.07) is 16.7. The number of rotatable bonds is 5. The molecule has 3 aromatic rings. The number of fused-ring (bicyclic) bond motifs is 1. The second-order valence-electron chi connectivity index (χ2n) is 7.78. The third-order valence-electron chi connectivity index (χ3n) is 5.46. The van der Waals surface area contributed by atoms with Crippen molar-refractivity contribution in [2.45, 2.75) is 12.5 Å². The van der Waals surface area contributed by atoms with Crippen LogP contribution in [0.2, 0.25) is 0 Å². The standard InChI is InChI=1S/C25H22BrFN4O3/c26-18-3-1-2-17(12-18)25(34)31-21-9-6-16(24(33)29-11-10-28)13-20(21)30-23(32)14-22(31)15-4-7-19(27)8-5-15/h1-9,12-13,22H,10-11,14,28H2,(H,29,33)(H,30,32). The zero-order valence-corrected chi connectivity index (χ0v) is 19.6. The summed E-state index contributed by atoms with van der Waals surface area (Å²) in [6.45, 7) is 0.601. The van der Waals surface area contributed by atoms with E-state index in [0.717, 1.165) is 4.47 Å². The fourth-order valence-electron chi connectivity index (χ4n) is 3.87. The molecule has 0 bridgehead atoms. The van der Waals surface area contributed by atoms with Gasteiger partial charge in [0.05, 0.1) is 23.8 Å². The molecule has 1 aliphatic heterocycles. The molecule has 9 heteroatoms. The normalized spacial score (nSPS) is 15.2. The molecule has 1 atom stereocenters. The number of anilines is 2. The summed E-state index contributed by atoms with van der Waals surface area (Å²) in [5, 5.41) is 5.50. The molecule has 34 heavy (non-hydrogen) atoms. The van der Waals surface area contributed by atoms with E-state index in [1.807, 2.05) is 6.07 Å². The molecule has 0 saturated carbocycles. The van der Waals surface area contributed by atoms with Crippen LogP contribution in [0.4, 0.5) is 15.8 Å². The van der Waals surface area contributed by atoms with Gasteiger partial charge in [-0.15, -0.1) is 0 Å². The van der Waals surface area contributed by atoms with Crippen LogP contribution in [0, 0.1) is 5.82 Å². The lowest BCUT2D eigenvalue weighted by Crippen LogP contribution is -2.35. The maximum Gasteiger partial charge on any atom is 0.258 e. The highest BCUT2D eigenvalue weighted by molar-refractivity contribution is 9.10. The zero-order chi connectivity index (χ0) is 24.2. The molecule has 174 valence electrons. The van der Waals surface area contributed by atoms with Crippen LogP contribution in [0.15, 0.2) is 71.2 Å². The molecule has 0 radical (unpaired) electrons. The predicted molar refractivity (Wildman–Crippen MR) is 131 cm³/mol. The molecule has 0 fully saturated rings. The van der Waals surface area contributed by atoms with E-state index in [1.165, 1.54) is 23.1 Å². The first-order valence-electron chi connectivity index (χ1n) is 10.6. The topological polar surface area (TPSA) is 105 Å². The van der Waals surface area contributed by atoms with Crippen molar-refractivity contribution in [3.8, 4) is 0 Å². The molecule has 7 nitrogen and oxygen atoms in total. The van der Waals surface area contributed by atoms with Crippen molar-refractivity contribution in [2.24, 2.45) is 5.73 Å². The van der Waals surface area contributed by atoms with Crippen molar-refractivity contribution >= 4 is 45.0 Å². The Kier molecular flexibility index (Phi) is 7.04. The Morgan fingerprint density at radius 1 is 1.09 bits per heavy atom. The first kappa shape index (κ1) is 23.6. The van der Waals surface area contributed by atoms with Gasteiger partial charge in [0.15, 0.2) is 0 Å². The van der Waals surface area contributed by atoms with Gasteiger partial charge in [-0.3, -0.25) is 19.3 Å². The summed E-state index contributed by atoms with van der Waals surface area (Å²) in [5.41, 5.74) is 7.56. The first-order chi connectivity index (χ1) is 16.4. The molecule has 4 rings (SSSR count). The summed E-state index contributed by atoms with van der Waals surface area (Å²) in [7, 11) is 0. The predicted octanol–water partition coefficient (Wildman–Crippen LogP) is 4.01. The molecule has 4 N–H and O–H groups in total. The van der Waals surface area contributed by atoms with Crippen molar-refractivity contribution in [3.63, 3.8) is 0 Å². The molecule has 1 heterocycles. The summed E-state index contributed by atoms with van der Waals surface area (Å²) < 4.78 is 14.3. The largest absolute Gasteiger partial charge is 0.351 e. The Morgan fingerprint density at radius 3 is 2.56 bits per heavy atom. The van der Waals surface area contributed by atoms with E-state index in [-0.39, 0.29) is 24.1 Å². The third kappa shape index (κ3) is 5.00. The summed E-state index contributed by atoms with van der Waals surface area (Å²) in [6.07, 6.45) is -0.0469. The van der Waals surface area contributed by atoms with Crippen molar-refractivity contribution in [1.82, 2.24) is 5.32 Å². The number of amides is 3. The van der Waals surface area contributed by atoms with Crippen LogP contribution >= 0.6 is 15.9 Å². The van der Waals surface area contributed by atoms with Crippen LogP contribution < -0.4 is 21.3 Å². The number of carbonyl (C=O) groups excluding carboxylic acids is 3. The van der Waals surface area contributed by atoms with Gasteiger partial charge in [0, 0.05) is 28.7 Å². The molecule has 3 aromatic carbocycles. The van der Waals surface area contributed by atoms with Gasteiger partial charge in [0.25, 0.3) is 11.8 Å². The van der Waals surface area contributed by atoms with E-state index in [4.69, 9.17) is 5.73 Å². The Hall–Kier alpha value is -3.56. The van der Waals surface area contributed by atoms with Gasteiger partial charge in [-0.2, -0.15) is 0 Å². The Balaban J connectivity index is 1.84. The first-order valence-corrected chi connectivity index (χ1v) is 11.4. The monoisotopic (exact) mass is 524 g/mol. The lowest BCUT2D eigenvalue weighted by Gasteiger charge is -2.31. The molecule has 1 aliphatic rings. The van der Waals surface area contributed by atoms with Crippen molar-refractivity contribution in [3.05, 3.63) is 93.7 Å². The van der Waals surface area contributed by atoms with Gasteiger partial charge >= 0.3 is 0 Å². The summed E-state index contributed by atoms with van der Waals surface area (Å²) >= 11 is 3.39. The highest BCUT2D eigenvalue weighted by Crippen LogP contribution is 2.40. The van der Waals surface area contributed by atoms with Crippen molar-refractivity contribution in [1.29, 1.82) is 0 Å². The Bertz CT molecular complexity index is 1250. The van der Waals surface area contributed by atoms with E-state index in [9.17, 15) is 18.8 Å².